The van der Waals surface area contributed by atoms with Gasteiger partial charge in [-0.15, -0.1) is 0 Å². The van der Waals surface area contributed by atoms with Crippen LogP contribution in [0.4, 0.5) is 4.79 Å². The lowest BCUT2D eigenvalue weighted by molar-refractivity contribution is -0.131. The number of benzene rings is 1. The zero-order valence-electron chi connectivity index (χ0n) is 15.5. The Bertz CT molecular complexity index is 858. The molecule has 0 aromatic heterocycles. The number of hydrogen-bond acceptors (Lipinski definition) is 5. The number of carbonyl (C=O) groups is 3. The van der Waals surface area contributed by atoms with Gasteiger partial charge in [0.2, 0.25) is 0 Å². The summed E-state index contributed by atoms with van der Waals surface area (Å²) in [7, 11) is 1.50. The van der Waals surface area contributed by atoms with Gasteiger partial charge < -0.3 is 9.47 Å². The second-order valence-corrected chi connectivity index (χ2v) is 7.41. The van der Waals surface area contributed by atoms with Crippen LogP contribution in [0.5, 0.6) is 11.5 Å². The normalized spacial score (nSPS) is 19.1. The summed E-state index contributed by atoms with van der Waals surface area (Å²) in [5, 5.41) is 2.27. The first-order chi connectivity index (χ1) is 13.5. The first-order valence-electron chi connectivity index (χ1n) is 8.98. The SMILES string of the molecule is C=CCOc1cc(Br)c(/C=C2\C(=O)NC(=O)N(C3CCCC3)C2=O)cc1OC. The molecule has 1 N–H and O–H groups in total. The second-order valence-electron chi connectivity index (χ2n) is 6.55. The number of carbonyl (C=O) groups excluding carboxylic acids is 3. The predicted octanol–water partition coefficient (Wildman–Crippen LogP) is 3.43. The van der Waals surface area contributed by atoms with E-state index in [0.717, 1.165) is 25.7 Å². The minimum Gasteiger partial charge on any atom is -0.493 e. The summed E-state index contributed by atoms with van der Waals surface area (Å²) >= 11 is 3.43. The van der Waals surface area contributed by atoms with Crippen molar-refractivity contribution in [2.45, 2.75) is 31.7 Å². The average molecular weight is 449 g/mol. The van der Waals surface area contributed by atoms with Crippen molar-refractivity contribution in [3.63, 3.8) is 0 Å². The van der Waals surface area contributed by atoms with Gasteiger partial charge in [0.1, 0.15) is 12.2 Å². The fraction of sp³-hybridized carbons (Fsp3) is 0.350. The number of urea groups is 1. The number of nitrogens with one attached hydrogen (secondary N) is 1. The highest BCUT2D eigenvalue weighted by Crippen LogP contribution is 2.35. The Morgan fingerprint density at radius 1 is 1.25 bits per heavy atom. The van der Waals surface area contributed by atoms with E-state index in [1.165, 1.54) is 18.1 Å². The van der Waals surface area contributed by atoms with Crippen molar-refractivity contribution in [2.24, 2.45) is 0 Å². The van der Waals surface area contributed by atoms with Crippen molar-refractivity contribution in [1.29, 1.82) is 0 Å². The van der Waals surface area contributed by atoms with Crippen molar-refractivity contribution >= 4 is 39.9 Å². The maximum absolute atomic E-state index is 12.9. The molecule has 8 heteroatoms. The number of rotatable bonds is 6. The van der Waals surface area contributed by atoms with E-state index in [1.54, 1.807) is 18.2 Å². The molecule has 28 heavy (non-hydrogen) atoms. The Hall–Kier alpha value is -2.61. The Morgan fingerprint density at radius 2 is 1.96 bits per heavy atom. The molecule has 1 aliphatic carbocycles. The summed E-state index contributed by atoms with van der Waals surface area (Å²) in [6, 6.07) is 2.53. The lowest BCUT2D eigenvalue weighted by atomic mass is 10.0. The van der Waals surface area contributed by atoms with Gasteiger partial charge in [0.05, 0.1) is 7.11 Å². The monoisotopic (exact) mass is 448 g/mol. The van der Waals surface area contributed by atoms with Crippen LogP contribution >= 0.6 is 15.9 Å². The molecular weight excluding hydrogens is 428 g/mol. The molecule has 2 aliphatic rings. The molecule has 0 radical (unpaired) electrons. The molecule has 7 nitrogen and oxygen atoms in total. The van der Waals surface area contributed by atoms with Gasteiger partial charge in [-0.05, 0) is 36.6 Å². The van der Waals surface area contributed by atoms with Gasteiger partial charge in [-0.1, -0.05) is 41.4 Å². The van der Waals surface area contributed by atoms with Gasteiger partial charge in [0.15, 0.2) is 11.5 Å². The van der Waals surface area contributed by atoms with Crippen LogP contribution in [-0.2, 0) is 9.59 Å². The number of methoxy groups -OCH3 is 1. The number of halogens is 1. The molecule has 1 heterocycles. The number of nitrogens with zero attached hydrogens (tertiary/aromatic N) is 1. The zero-order valence-corrected chi connectivity index (χ0v) is 17.1. The third-order valence-electron chi connectivity index (χ3n) is 4.76. The molecular formula is C20H21BrN2O5. The van der Waals surface area contributed by atoms with Crippen molar-refractivity contribution in [1.82, 2.24) is 10.2 Å². The van der Waals surface area contributed by atoms with E-state index in [4.69, 9.17) is 9.47 Å². The van der Waals surface area contributed by atoms with E-state index >= 15 is 0 Å². The molecule has 1 saturated heterocycles. The van der Waals surface area contributed by atoms with Gasteiger partial charge in [-0.25, -0.2) is 4.79 Å². The highest BCUT2D eigenvalue weighted by Gasteiger charge is 2.40. The van der Waals surface area contributed by atoms with Crippen molar-refractivity contribution in [3.05, 3.63) is 40.4 Å². The molecule has 1 aromatic carbocycles. The maximum Gasteiger partial charge on any atom is 0.331 e. The Balaban J connectivity index is 1.96. The molecule has 4 amide bonds. The molecule has 0 unspecified atom stereocenters. The van der Waals surface area contributed by atoms with E-state index in [1.807, 2.05) is 0 Å². The summed E-state index contributed by atoms with van der Waals surface area (Å²) in [5.74, 6) is -0.330. The number of hydrogen-bond donors (Lipinski definition) is 1. The van der Waals surface area contributed by atoms with E-state index in [-0.39, 0.29) is 11.6 Å². The van der Waals surface area contributed by atoms with Crippen LogP contribution in [-0.4, -0.2) is 42.5 Å². The molecule has 1 aromatic rings. The third-order valence-corrected chi connectivity index (χ3v) is 5.45. The van der Waals surface area contributed by atoms with Crippen LogP contribution in [0.25, 0.3) is 6.08 Å². The summed E-state index contributed by atoms with van der Waals surface area (Å²) < 4.78 is 11.5. The fourth-order valence-electron chi connectivity index (χ4n) is 3.40. The van der Waals surface area contributed by atoms with Crippen LogP contribution < -0.4 is 14.8 Å². The summed E-state index contributed by atoms with van der Waals surface area (Å²) in [5.41, 5.74) is 0.469. The fourth-order valence-corrected chi connectivity index (χ4v) is 3.84. The van der Waals surface area contributed by atoms with Gasteiger partial charge in [0, 0.05) is 10.5 Å². The molecule has 1 saturated carbocycles. The molecule has 3 rings (SSSR count). The highest BCUT2D eigenvalue weighted by molar-refractivity contribution is 9.10. The highest BCUT2D eigenvalue weighted by atomic mass is 79.9. The van der Waals surface area contributed by atoms with Crippen LogP contribution in [0.15, 0.2) is 34.8 Å². The number of barbiturate groups is 1. The van der Waals surface area contributed by atoms with E-state index in [9.17, 15) is 14.4 Å². The Labute approximate surface area is 171 Å². The molecule has 0 bridgehead atoms. The van der Waals surface area contributed by atoms with Crippen molar-refractivity contribution < 1.29 is 23.9 Å². The maximum atomic E-state index is 12.9. The summed E-state index contributed by atoms with van der Waals surface area (Å²) in [6.07, 6.45) is 6.51. The largest absolute Gasteiger partial charge is 0.493 e. The van der Waals surface area contributed by atoms with Crippen LogP contribution in [0.2, 0.25) is 0 Å². The molecule has 1 aliphatic heterocycles. The predicted molar refractivity (Wildman–Crippen MR) is 107 cm³/mol. The minimum atomic E-state index is -0.706. The summed E-state index contributed by atoms with van der Waals surface area (Å²) in [4.78, 5) is 38.6. The zero-order chi connectivity index (χ0) is 20.3. The third kappa shape index (κ3) is 3.96. The standard InChI is InChI=1S/C20H21BrN2O5/c1-3-8-28-17-11-15(21)12(10-16(17)27-2)9-14-18(24)22-20(26)23(19(14)25)13-6-4-5-7-13/h3,9-11,13H,1,4-8H2,2H3,(H,22,24,26)/b14-9+. The molecule has 0 spiro atoms. The lowest BCUT2D eigenvalue weighted by Gasteiger charge is -2.31. The van der Waals surface area contributed by atoms with Crippen molar-refractivity contribution in [3.8, 4) is 11.5 Å². The average Bonchev–Trinajstić information content (AvgIpc) is 3.18. The second kappa shape index (κ2) is 8.60. The first-order valence-corrected chi connectivity index (χ1v) is 9.77. The molecule has 0 atom stereocenters. The number of ether oxygens (including phenoxy) is 2. The van der Waals surface area contributed by atoms with E-state index in [0.29, 0.717) is 28.1 Å². The van der Waals surface area contributed by atoms with Gasteiger partial charge >= 0.3 is 6.03 Å². The first kappa shape index (κ1) is 20.1. The Morgan fingerprint density at radius 3 is 2.61 bits per heavy atom. The number of imide groups is 2. The topological polar surface area (TPSA) is 84.9 Å². The van der Waals surface area contributed by atoms with Gasteiger partial charge in [-0.3, -0.25) is 19.8 Å². The van der Waals surface area contributed by atoms with E-state index < -0.39 is 17.8 Å². The van der Waals surface area contributed by atoms with Gasteiger partial charge in [0.25, 0.3) is 11.8 Å². The van der Waals surface area contributed by atoms with Crippen LogP contribution in [0, 0.1) is 0 Å². The van der Waals surface area contributed by atoms with Gasteiger partial charge in [-0.2, -0.15) is 0 Å². The minimum absolute atomic E-state index is 0.0889. The van der Waals surface area contributed by atoms with Crippen molar-refractivity contribution in [2.75, 3.05) is 13.7 Å². The quantitative estimate of drug-likeness (QED) is 0.409. The lowest BCUT2D eigenvalue weighted by Crippen LogP contribution is -2.57. The van der Waals surface area contributed by atoms with E-state index in [2.05, 4.69) is 27.8 Å². The Kier molecular flexibility index (Phi) is 6.18. The number of amides is 4. The molecule has 148 valence electrons. The van der Waals surface area contributed by atoms with Crippen LogP contribution in [0.3, 0.4) is 0 Å². The van der Waals surface area contributed by atoms with Crippen LogP contribution in [0.1, 0.15) is 31.2 Å². The summed E-state index contributed by atoms with van der Waals surface area (Å²) in [6.45, 7) is 3.92. The smallest absolute Gasteiger partial charge is 0.331 e. The molecule has 2 fully saturated rings.